The van der Waals surface area contributed by atoms with Gasteiger partial charge in [0, 0.05) is 17.7 Å². The van der Waals surface area contributed by atoms with Crippen molar-refractivity contribution in [3.8, 4) is 17.3 Å². The van der Waals surface area contributed by atoms with Crippen molar-refractivity contribution >= 4 is 34.4 Å². The van der Waals surface area contributed by atoms with Crippen molar-refractivity contribution in [3.05, 3.63) is 74.6 Å². The molecule has 0 atom stereocenters. The molecule has 1 aromatic heterocycles. The zero-order valence-electron chi connectivity index (χ0n) is 14.1. The van der Waals surface area contributed by atoms with Crippen LogP contribution in [0.3, 0.4) is 0 Å². The highest BCUT2D eigenvalue weighted by atomic mass is 32.1. The van der Waals surface area contributed by atoms with Crippen LogP contribution in [0.1, 0.15) is 5.56 Å². The number of H-pyrrole nitrogens is 1. The van der Waals surface area contributed by atoms with Crippen LogP contribution >= 0.6 is 12.2 Å². The third-order valence-corrected chi connectivity index (χ3v) is 3.90. The Morgan fingerprint density at radius 2 is 1.82 bits per heavy atom. The van der Waals surface area contributed by atoms with Crippen molar-refractivity contribution in [1.29, 1.82) is 5.26 Å². The second-order valence-corrected chi connectivity index (χ2v) is 5.90. The molecule has 3 rings (SSSR count). The average molecular weight is 393 g/mol. The van der Waals surface area contributed by atoms with E-state index >= 15 is 0 Å². The molecule has 0 spiro atoms. The molecule has 2 aromatic carbocycles. The first-order chi connectivity index (χ1) is 13.4. The van der Waals surface area contributed by atoms with Gasteiger partial charge in [-0.1, -0.05) is 0 Å². The molecule has 28 heavy (non-hydrogen) atoms. The molecule has 1 heterocycles. The molecule has 0 amide bonds. The van der Waals surface area contributed by atoms with Crippen LogP contribution < -0.4 is 11.3 Å². The summed E-state index contributed by atoms with van der Waals surface area (Å²) in [6, 6.07) is 13.8. The number of nitrogens with one attached hydrogen (secondary N) is 1. The van der Waals surface area contributed by atoms with Crippen LogP contribution in [0.15, 0.2) is 63.6 Å². The molecule has 0 aliphatic heterocycles. The number of aromatic amines is 1. The van der Waals surface area contributed by atoms with E-state index in [9.17, 15) is 14.9 Å². The second kappa shape index (κ2) is 7.60. The van der Waals surface area contributed by atoms with Crippen LogP contribution in [0.25, 0.3) is 11.3 Å². The van der Waals surface area contributed by atoms with E-state index in [1.54, 1.807) is 24.3 Å². The first kappa shape index (κ1) is 18.6. The highest BCUT2D eigenvalue weighted by molar-refractivity contribution is 7.80. The number of nitro benzene ring substituents is 1. The standard InChI is InChI=1S/C17H11N7O3S/c18-9-10-1-5-12(6-2-10)20-21-15-14(22-23(16(15)25)17(19)28)11-3-7-13(8-4-11)24(26)27/h1-8,22H,(H2,19,28). The van der Waals surface area contributed by atoms with Gasteiger partial charge in [0.15, 0.2) is 10.8 Å². The summed E-state index contributed by atoms with van der Waals surface area (Å²) in [7, 11) is 0. The number of thiocarbonyl (C=S) groups is 1. The molecule has 0 fully saturated rings. The van der Waals surface area contributed by atoms with Crippen LogP contribution in [0.2, 0.25) is 0 Å². The number of nitrogens with zero attached hydrogens (tertiary/aromatic N) is 5. The number of hydrogen-bond acceptors (Lipinski definition) is 7. The molecule has 0 saturated carbocycles. The Bertz CT molecular complexity index is 1190. The van der Waals surface area contributed by atoms with E-state index < -0.39 is 10.5 Å². The van der Waals surface area contributed by atoms with E-state index in [1.807, 2.05) is 6.07 Å². The Morgan fingerprint density at radius 1 is 1.18 bits per heavy atom. The number of nitriles is 1. The zero-order chi connectivity index (χ0) is 20.3. The smallest absolute Gasteiger partial charge is 0.301 e. The van der Waals surface area contributed by atoms with E-state index in [0.717, 1.165) is 4.68 Å². The molecule has 0 saturated heterocycles. The van der Waals surface area contributed by atoms with Crippen LogP contribution in [-0.4, -0.2) is 19.8 Å². The van der Waals surface area contributed by atoms with Crippen molar-refractivity contribution in [1.82, 2.24) is 9.78 Å². The lowest BCUT2D eigenvalue weighted by Crippen LogP contribution is -2.29. The minimum absolute atomic E-state index is 0.0639. The predicted octanol–water partition coefficient (Wildman–Crippen LogP) is 3.13. The quantitative estimate of drug-likeness (QED) is 0.300. The summed E-state index contributed by atoms with van der Waals surface area (Å²) in [4.78, 5) is 22.9. The van der Waals surface area contributed by atoms with Gasteiger partial charge in [-0.15, -0.1) is 5.11 Å². The Labute approximate surface area is 162 Å². The van der Waals surface area contributed by atoms with Crippen LogP contribution in [-0.2, 0) is 0 Å². The predicted molar refractivity (Wildman–Crippen MR) is 105 cm³/mol. The second-order valence-electron chi connectivity index (χ2n) is 5.48. The number of rotatable bonds is 4. The van der Waals surface area contributed by atoms with Gasteiger partial charge in [0.05, 0.1) is 27.9 Å². The highest BCUT2D eigenvalue weighted by Crippen LogP contribution is 2.28. The van der Waals surface area contributed by atoms with Crippen LogP contribution in [0, 0.1) is 21.4 Å². The number of nitrogens with two attached hydrogens (primary N) is 1. The van der Waals surface area contributed by atoms with Crippen molar-refractivity contribution in [2.45, 2.75) is 0 Å². The molecule has 3 N–H and O–H groups in total. The fourth-order valence-corrected chi connectivity index (χ4v) is 2.47. The lowest BCUT2D eigenvalue weighted by atomic mass is 10.1. The Hall–Kier alpha value is -4.17. The number of aromatic nitrogens is 2. The van der Waals surface area contributed by atoms with Gasteiger partial charge in [0.1, 0.15) is 0 Å². The number of azo groups is 1. The van der Waals surface area contributed by atoms with Crippen molar-refractivity contribution in [2.75, 3.05) is 0 Å². The summed E-state index contributed by atoms with van der Waals surface area (Å²) in [5, 5.41) is 30.2. The number of non-ortho nitro benzene ring substituents is 1. The van der Waals surface area contributed by atoms with Crippen LogP contribution in [0.5, 0.6) is 0 Å². The van der Waals surface area contributed by atoms with Gasteiger partial charge in [-0.05, 0) is 48.6 Å². The van der Waals surface area contributed by atoms with E-state index in [2.05, 4.69) is 15.3 Å². The van der Waals surface area contributed by atoms with Crippen LogP contribution in [0.4, 0.5) is 17.1 Å². The third-order valence-electron chi connectivity index (χ3n) is 3.72. The van der Waals surface area contributed by atoms with Crippen molar-refractivity contribution in [2.24, 2.45) is 16.0 Å². The van der Waals surface area contributed by atoms with Gasteiger partial charge >= 0.3 is 5.56 Å². The van der Waals surface area contributed by atoms with Gasteiger partial charge in [-0.25, -0.2) is 0 Å². The summed E-state index contributed by atoms with van der Waals surface area (Å²) < 4.78 is 0.930. The summed E-state index contributed by atoms with van der Waals surface area (Å²) in [6.07, 6.45) is 0. The molecule has 11 heteroatoms. The molecule has 0 unspecified atom stereocenters. The van der Waals surface area contributed by atoms with Crippen molar-refractivity contribution in [3.63, 3.8) is 0 Å². The lowest BCUT2D eigenvalue weighted by molar-refractivity contribution is -0.384. The highest BCUT2D eigenvalue weighted by Gasteiger charge is 2.18. The molecule has 0 aliphatic carbocycles. The van der Waals surface area contributed by atoms with Gasteiger partial charge in [0.25, 0.3) is 5.69 Å². The fourth-order valence-electron chi connectivity index (χ4n) is 2.34. The number of nitro groups is 1. The fraction of sp³-hybridized carbons (Fsp3) is 0. The lowest BCUT2D eigenvalue weighted by Gasteiger charge is -2.00. The molecular formula is C17H11N7O3S. The monoisotopic (exact) mass is 393 g/mol. The minimum Gasteiger partial charge on any atom is -0.374 e. The molecule has 0 aliphatic rings. The summed E-state index contributed by atoms with van der Waals surface area (Å²) in [6.45, 7) is 0. The van der Waals surface area contributed by atoms with Gasteiger partial charge in [-0.3, -0.25) is 20.0 Å². The molecular weight excluding hydrogens is 382 g/mol. The van der Waals surface area contributed by atoms with Gasteiger partial charge in [-0.2, -0.15) is 15.1 Å². The maximum Gasteiger partial charge on any atom is 0.301 e. The van der Waals surface area contributed by atoms with Gasteiger partial charge < -0.3 is 5.73 Å². The maximum absolute atomic E-state index is 12.6. The summed E-state index contributed by atoms with van der Waals surface area (Å²) in [5.74, 6) is 0. The molecule has 3 aromatic rings. The van der Waals surface area contributed by atoms with E-state index in [1.165, 1.54) is 24.3 Å². The SMILES string of the molecule is N#Cc1ccc(N=Nc2c(-c3ccc([N+](=O)[O-])cc3)[nH]n(C(N)=S)c2=O)cc1. The molecule has 0 bridgehead atoms. The zero-order valence-corrected chi connectivity index (χ0v) is 14.9. The summed E-state index contributed by atoms with van der Waals surface area (Å²) >= 11 is 4.85. The van der Waals surface area contributed by atoms with E-state index in [4.69, 9.17) is 23.2 Å². The Balaban J connectivity index is 2.07. The minimum atomic E-state index is -0.613. The first-order valence-electron chi connectivity index (χ1n) is 7.72. The first-order valence-corrected chi connectivity index (χ1v) is 8.13. The summed E-state index contributed by atoms with van der Waals surface area (Å²) in [5.41, 5.74) is 6.38. The average Bonchev–Trinajstić information content (AvgIpc) is 3.03. The Kier molecular flexibility index (Phi) is 5.05. The Morgan fingerprint density at radius 3 is 2.36 bits per heavy atom. The van der Waals surface area contributed by atoms with Crippen molar-refractivity contribution < 1.29 is 4.92 Å². The maximum atomic E-state index is 12.6. The van der Waals surface area contributed by atoms with E-state index in [0.29, 0.717) is 16.8 Å². The topological polar surface area (TPSA) is 155 Å². The normalized spacial score (nSPS) is 10.7. The largest absolute Gasteiger partial charge is 0.374 e. The van der Waals surface area contributed by atoms with E-state index in [-0.39, 0.29) is 22.2 Å². The third kappa shape index (κ3) is 3.67. The number of hydrogen-bond donors (Lipinski definition) is 2. The molecule has 0 radical (unpaired) electrons. The van der Waals surface area contributed by atoms with Gasteiger partial charge in [0.2, 0.25) is 0 Å². The number of benzene rings is 2. The molecule has 138 valence electrons. The molecule has 10 nitrogen and oxygen atoms in total.